The van der Waals surface area contributed by atoms with E-state index in [4.69, 9.17) is 11.6 Å². The average Bonchev–Trinajstić information content (AvgIpc) is 2.68. The Balaban J connectivity index is 2.19. The molecule has 0 spiro atoms. The Hall–Kier alpha value is -2.15. The van der Waals surface area contributed by atoms with E-state index in [1.807, 2.05) is 13.8 Å². The summed E-state index contributed by atoms with van der Waals surface area (Å²) in [7, 11) is -3.70. The SMILES string of the molecule is C=CCN(Cc1ccc(C(=O)N[C@H](C)CC)cc1)S(=O)(=O)c1ccc(Cl)cc1. The van der Waals surface area contributed by atoms with Crippen LogP contribution >= 0.6 is 11.6 Å². The van der Waals surface area contributed by atoms with Crippen LogP contribution in [0.5, 0.6) is 0 Å². The molecule has 0 saturated carbocycles. The van der Waals surface area contributed by atoms with E-state index in [9.17, 15) is 13.2 Å². The third-order valence-electron chi connectivity index (χ3n) is 4.35. The largest absolute Gasteiger partial charge is 0.350 e. The van der Waals surface area contributed by atoms with E-state index in [0.717, 1.165) is 12.0 Å². The monoisotopic (exact) mass is 420 g/mol. The Morgan fingerprint density at radius 2 is 1.79 bits per heavy atom. The van der Waals surface area contributed by atoms with Crippen LogP contribution in [-0.4, -0.2) is 31.2 Å². The summed E-state index contributed by atoms with van der Waals surface area (Å²) < 4.78 is 27.2. The smallest absolute Gasteiger partial charge is 0.251 e. The van der Waals surface area contributed by atoms with Crippen LogP contribution in [0.3, 0.4) is 0 Å². The molecular weight excluding hydrogens is 396 g/mol. The van der Waals surface area contributed by atoms with Crippen LogP contribution in [0.2, 0.25) is 5.02 Å². The van der Waals surface area contributed by atoms with Crippen molar-refractivity contribution in [1.29, 1.82) is 0 Å². The van der Waals surface area contributed by atoms with Gasteiger partial charge in [-0.1, -0.05) is 36.7 Å². The number of nitrogens with zero attached hydrogens (tertiary/aromatic N) is 1. The molecule has 0 aliphatic carbocycles. The lowest BCUT2D eigenvalue weighted by Gasteiger charge is -2.21. The van der Waals surface area contributed by atoms with E-state index in [1.165, 1.54) is 16.4 Å². The number of sulfonamides is 1. The second-order valence-electron chi connectivity index (χ2n) is 6.52. The molecule has 0 aliphatic rings. The van der Waals surface area contributed by atoms with Crippen molar-refractivity contribution in [2.45, 2.75) is 37.8 Å². The summed E-state index contributed by atoms with van der Waals surface area (Å²) in [6.45, 7) is 7.94. The van der Waals surface area contributed by atoms with Gasteiger partial charge in [-0.05, 0) is 55.3 Å². The second kappa shape index (κ2) is 9.87. The highest BCUT2D eigenvalue weighted by molar-refractivity contribution is 7.89. The molecule has 2 aromatic carbocycles. The maximum absolute atomic E-state index is 12.9. The zero-order valence-corrected chi connectivity index (χ0v) is 17.6. The van der Waals surface area contributed by atoms with Crippen molar-refractivity contribution in [3.05, 3.63) is 77.3 Å². The predicted molar refractivity (Wildman–Crippen MR) is 113 cm³/mol. The lowest BCUT2D eigenvalue weighted by molar-refractivity contribution is 0.0939. The number of carbonyl (C=O) groups is 1. The second-order valence-corrected chi connectivity index (χ2v) is 8.89. The molecule has 0 unspecified atom stereocenters. The van der Waals surface area contributed by atoms with Gasteiger partial charge in [-0.3, -0.25) is 4.79 Å². The summed E-state index contributed by atoms with van der Waals surface area (Å²) in [5.74, 6) is -0.141. The molecular formula is C21H25ClN2O3S. The number of hydrogen-bond acceptors (Lipinski definition) is 3. The number of hydrogen-bond donors (Lipinski definition) is 1. The number of rotatable bonds is 9. The van der Waals surface area contributed by atoms with Crippen molar-refractivity contribution in [3.63, 3.8) is 0 Å². The average molecular weight is 421 g/mol. The number of benzene rings is 2. The van der Waals surface area contributed by atoms with Crippen molar-refractivity contribution in [2.24, 2.45) is 0 Å². The van der Waals surface area contributed by atoms with E-state index < -0.39 is 10.0 Å². The number of halogens is 1. The summed E-state index contributed by atoms with van der Waals surface area (Å²) >= 11 is 5.86. The highest BCUT2D eigenvalue weighted by atomic mass is 35.5. The van der Waals surface area contributed by atoms with Crippen LogP contribution in [-0.2, 0) is 16.6 Å². The fourth-order valence-electron chi connectivity index (χ4n) is 2.52. The minimum Gasteiger partial charge on any atom is -0.350 e. The van der Waals surface area contributed by atoms with Crippen LogP contribution < -0.4 is 5.32 Å². The van der Waals surface area contributed by atoms with E-state index in [1.54, 1.807) is 42.5 Å². The van der Waals surface area contributed by atoms with Gasteiger partial charge in [-0.15, -0.1) is 6.58 Å². The third-order valence-corrected chi connectivity index (χ3v) is 6.43. The van der Waals surface area contributed by atoms with E-state index in [0.29, 0.717) is 10.6 Å². The molecule has 7 heteroatoms. The molecule has 0 radical (unpaired) electrons. The van der Waals surface area contributed by atoms with Crippen LogP contribution in [0.1, 0.15) is 36.2 Å². The highest BCUT2D eigenvalue weighted by Gasteiger charge is 2.23. The Bertz CT molecular complexity index is 910. The van der Waals surface area contributed by atoms with E-state index in [-0.39, 0.29) is 29.9 Å². The molecule has 0 aromatic heterocycles. The molecule has 2 aromatic rings. The first-order chi connectivity index (χ1) is 13.3. The minimum absolute atomic E-state index is 0.0970. The van der Waals surface area contributed by atoms with Gasteiger partial charge >= 0.3 is 0 Å². The zero-order valence-electron chi connectivity index (χ0n) is 16.1. The molecule has 1 amide bonds. The van der Waals surface area contributed by atoms with Gasteiger partial charge in [0.1, 0.15) is 0 Å². The molecule has 0 aliphatic heterocycles. The predicted octanol–water partition coefficient (Wildman–Crippen LogP) is 4.25. The Labute approximate surface area is 172 Å². The Kier molecular flexibility index (Phi) is 7.80. The van der Waals surface area contributed by atoms with Gasteiger partial charge in [0.15, 0.2) is 0 Å². The highest BCUT2D eigenvalue weighted by Crippen LogP contribution is 2.20. The van der Waals surface area contributed by atoms with Gasteiger partial charge in [0, 0.05) is 29.7 Å². The van der Waals surface area contributed by atoms with Gasteiger partial charge in [-0.2, -0.15) is 4.31 Å². The van der Waals surface area contributed by atoms with Crippen molar-refractivity contribution in [1.82, 2.24) is 9.62 Å². The maximum Gasteiger partial charge on any atom is 0.251 e. The lowest BCUT2D eigenvalue weighted by atomic mass is 10.1. The molecule has 0 fully saturated rings. The summed E-state index contributed by atoms with van der Waals surface area (Å²) in [4.78, 5) is 12.4. The van der Waals surface area contributed by atoms with Crippen molar-refractivity contribution in [3.8, 4) is 0 Å². The third kappa shape index (κ3) is 5.67. The minimum atomic E-state index is -3.70. The quantitative estimate of drug-likeness (QED) is 0.617. The van der Waals surface area contributed by atoms with Crippen LogP contribution in [0, 0.1) is 0 Å². The maximum atomic E-state index is 12.9. The summed E-state index contributed by atoms with van der Waals surface area (Å²) in [6, 6.07) is 13.1. The molecule has 5 nitrogen and oxygen atoms in total. The number of amides is 1. The zero-order chi connectivity index (χ0) is 20.7. The van der Waals surface area contributed by atoms with Crippen molar-refractivity contribution >= 4 is 27.5 Å². The van der Waals surface area contributed by atoms with Gasteiger partial charge in [-0.25, -0.2) is 8.42 Å². The molecule has 150 valence electrons. The molecule has 0 bridgehead atoms. The number of nitrogens with one attached hydrogen (secondary N) is 1. The fraction of sp³-hybridized carbons (Fsp3) is 0.286. The first kappa shape index (κ1) is 22.1. The lowest BCUT2D eigenvalue weighted by Crippen LogP contribution is -2.32. The normalized spacial score (nSPS) is 12.6. The molecule has 1 atom stereocenters. The fourth-order valence-corrected chi connectivity index (χ4v) is 4.05. The van der Waals surface area contributed by atoms with Crippen molar-refractivity contribution in [2.75, 3.05) is 6.54 Å². The van der Waals surface area contributed by atoms with Crippen molar-refractivity contribution < 1.29 is 13.2 Å². The Morgan fingerprint density at radius 1 is 1.18 bits per heavy atom. The van der Waals surface area contributed by atoms with Crippen LogP contribution in [0.15, 0.2) is 66.1 Å². The molecule has 1 N–H and O–H groups in total. The summed E-state index contributed by atoms with van der Waals surface area (Å²) in [5, 5.41) is 3.38. The first-order valence-electron chi connectivity index (χ1n) is 9.04. The summed E-state index contributed by atoms with van der Waals surface area (Å²) in [6.07, 6.45) is 2.39. The molecule has 28 heavy (non-hydrogen) atoms. The van der Waals surface area contributed by atoms with Gasteiger partial charge < -0.3 is 5.32 Å². The topological polar surface area (TPSA) is 66.5 Å². The molecule has 0 heterocycles. The van der Waals surface area contributed by atoms with Crippen LogP contribution in [0.4, 0.5) is 0 Å². The van der Waals surface area contributed by atoms with Gasteiger partial charge in [0.2, 0.25) is 10.0 Å². The summed E-state index contributed by atoms with van der Waals surface area (Å²) in [5.41, 5.74) is 1.32. The first-order valence-corrected chi connectivity index (χ1v) is 10.9. The van der Waals surface area contributed by atoms with Gasteiger partial charge in [0.25, 0.3) is 5.91 Å². The molecule has 2 rings (SSSR count). The molecule has 0 saturated heterocycles. The standard InChI is InChI=1S/C21H25ClN2O3S/c1-4-14-24(28(26,27)20-12-10-19(22)11-13-20)15-17-6-8-18(9-7-17)21(25)23-16(3)5-2/h4,6-13,16H,1,5,14-15H2,2-3H3,(H,23,25)/t16-/m1/s1. The Morgan fingerprint density at radius 3 is 2.32 bits per heavy atom. The van der Waals surface area contributed by atoms with Gasteiger partial charge in [0.05, 0.1) is 4.90 Å². The van der Waals surface area contributed by atoms with E-state index >= 15 is 0 Å². The van der Waals surface area contributed by atoms with Crippen LogP contribution in [0.25, 0.3) is 0 Å². The number of carbonyl (C=O) groups excluding carboxylic acids is 1. The van der Waals surface area contributed by atoms with E-state index in [2.05, 4.69) is 11.9 Å².